The minimum atomic E-state index is -0.367. The summed E-state index contributed by atoms with van der Waals surface area (Å²) in [6.45, 7) is 5.71. The summed E-state index contributed by atoms with van der Waals surface area (Å²) >= 11 is 12.8. The summed E-state index contributed by atoms with van der Waals surface area (Å²) in [5.74, 6) is -0.238. The van der Waals surface area contributed by atoms with Gasteiger partial charge in [-0.25, -0.2) is 4.39 Å². The smallest absolute Gasteiger partial charge is 0.123 e. The van der Waals surface area contributed by atoms with Gasteiger partial charge in [0.1, 0.15) is 5.82 Å². The first-order valence-corrected chi connectivity index (χ1v) is 6.88. The first kappa shape index (κ1) is 14.4. The Morgan fingerprint density at radius 2 is 1.58 bits per heavy atom. The molecule has 0 fully saturated rings. The maximum absolute atomic E-state index is 13.3. The van der Waals surface area contributed by atoms with Crippen molar-refractivity contribution < 1.29 is 4.39 Å². The van der Waals surface area contributed by atoms with Crippen LogP contribution in [0.2, 0.25) is 5.02 Å². The third kappa shape index (κ3) is 2.93. The second kappa shape index (κ2) is 5.52. The maximum atomic E-state index is 13.3. The van der Waals surface area contributed by atoms with Crippen molar-refractivity contribution in [3.05, 3.63) is 69.0 Å². The molecule has 0 saturated heterocycles. The normalized spacial score (nSPS) is 12.5. The number of hydrogen-bond donors (Lipinski definition) is 0. The van der Waals surface area contributed by atoms with E-state index in [0.29, 0.717) is 5.02 Å². The van der Waals surface area contributed by atoms with Crippen molar-refractivity contribution in [2.75, 3.05) is 0 Å². The average Bonchev–Trinajstić information content (AvgIpc) is 2.26. The Balaban J connectivity index is 2.53. The van der Waals surface area contributed by atoms with E-state index < -0.39 is 0 Å². The van der Waals surface area contributed by atoms with Gasteiger partial charge in [0.15, 0.2) is 0 Å². The predicted octanol–water partition coefficient (Wildman–Crippen LogP) is 5.73. The second-order valence-corrected chi connectivity index (χ2v) is 5.68. The lowest BCUT2D eigenvalue weighted by molar-refractivity contribution is 0.624. The zero-order chi connectivity index (χ0) is 14.2. The van der Waals surface area contributed by atoms with E-state index in [4.69, 9.17) is 23.2 Å². The van der Waals surface area contributed by atoms with E-state index in [9.17, 15) is 4.39 Å². The van der Waals surface area contributed by atoms with Gasteiger partial charge in [0.25, 0.3) is 0 Å². The number of alkyl halides is 1. The zero-order valence-electron chi connectivity index (χ0n) is 11.1. The van der Waals surface area contributed by atoms with Gasteiger partial charge in [-0.15, -0.1) is 11.6 Å². The van der Waals surface area contributed by atoms with Gasteiger partial charge in [-0.1, -0.05) is 23.7 Å². The first-order valence-electron chi connectivity index (χ1n) is 6.07. The zero-order valence-corrected chi connectivity index (χ0v) is 12.6. The molecule has 1 unspecified atom stereocenters. The van der Waals surface area contributed by atoms with Gasteiger partial charge >= 0.3 is 0 Å². The summed E-state index contributed by atoms with van der Waals surface area (Å²) < 4.78 is 13.3. The lowest BCUT2D eigenvalue weighted by atomic mass is 9.95. The van der Waals surface area contributed by atoms with Crippen molar-refractivity contribution in [1.82, 2.24) is 0 Å². The predicted molar refractivity (Wildman–Crippen MR) is 79.8 cm³/mol. The van der Waals surface area contributed by atoms with Gasteiger partial charge in [-0.3, -0.25) is 0 Å². The Morgan fingerprint density at radius 3 is 2.11 bits per heavy atom. The molecule has 1 atom stereocenters. The molecule has 0 aliphatic heterocycles. The van der Waals surface area contributed by atoms with Crippen LogP contribution in [0.1, 0.15) is 33.2 Å². The number of halogens is 3. The molecular formula is C16H15Cl2F. The number of benzene rings is 2. The van der Waals surface area contributed by atoms with Crippen molar-refractivity contribution in [3.8, 4) is 0 Å². The third-order valence-electron chi connectivity index (χ3n) is 3.24. The Labute approximate surface area is 123 Å². The molecule has 0 aromatic heterocycles. The Bertz CT molecular complexity index is 597. The van der Waals surface area contributed by atoms with E-state index in [1.54, 1.807) is 0 Å². The van der Waals surface area contributed by atoms with Gasteiger partial charge in [0.05, 0.1) is 5.38 Å². The molecule has 2 aromatic rings. The van der Waals surface area contributed by atoms with Crippen LogP contribution in [0.4, 0.5) is 4.39 Å². The summed E-state index contributed by atoms with van der Waals surface area (Å²) in [6, 6.07) is 8.79. The molecule has 0 radical (unpaired) electrons. The van der Waals surface area contributed by atoms with Crippen LogP contribution in [-0.2, 0) is 0 Å². The van der Waals surface area contributed by atoms with Crippen molar-refractivity contribution in [2.24, 2.45) is 0 Å². The molecule has 2 aromatic carbocycles. The third-order valence-corrected chi connectivity index (χ3v) is 4.02. The molecule has 0 spiro atoms. The average molecular weight is 297 g/mol. The Kier molecular flexibility index (Phi) is 4.17. The van der Waals surface area contributed by atoms with Gasteiger partial charge in [0.2, 0.25) is 0 Å². The molecule has 2 rings (SSSR count). The SMILES string of the molecule is Cc1ccc(C(Cl)c2c(C)cc(F)cc2C)c(Cl)c1. The van der Waals surface area contributed by atoms with Crippen molar-refractivity contribution in [2.45, 2.75) is 26.1 Å². The van der Waals surface area contributed by atoms with E-state index in [-0.39, 0.29) is 11.2 Å². The minimum absolute atomic E-state index is 0.238. The summed E-state index contributed by atoms with van der Waals surface area (Å²) in [6.07, 6.45) is 0. The molecular weight excluding hydrogens is 282 g/mol. The van der Waals surface area contributed by atoms with Crippen molar-refractivity contribution in [1.29, 1.82) is 0 Å². The highest BCUT2D eigenvalue weighted by atomic mass is 35.5. The molecule has 0 heterocycles. The van der Waals surface area contributed by atoms with Crippen molar-refractivity contribution in [3.63, 3.8) is 0 Å². The largest absolute Gasteiger partial charge is 0.207 e. The number of hydrogen-bond acceptors (Lipinski definition) is 0. The molecule has 3 heteroatoms. The molecule has 0 nitrogen and oxygen atoms in total. The fourth-order valence-corrected chi connectivity index (χ4v) is 3.25. The Hall–Kier alpha value is -1.05. The molecule has 19 heavy (non-hydrogen) atoms. The highest BCUT2D eigenvalue weighted by Gasteiger charge is 2.19. The van der Waals surface area contributed by atoms with Gasteiger partial charge in [0, 0.05) is 5.02 Å². The second-order valence-electron chi connectivity index (χ2n) is 4.84. The highest BCUT2D eigenvalue weighted by Crippen LogP contribution is 2.37. The van der Waals surface area contributed by atoms with E-state index in [1.165, 1.54) is 12.1 Å². The molecule has 0 aliphatic carbocycles. The fraction of sp³-hybridized carbons (Fsp3) is 0.250. The molecule has 0 N–H and O–H groups in total. The summed E-state index contributed by atoms with van der Waals surface area (Å²) in [5.41, 5.74) is 4.55. The summed E-state index contributed by atoms with van der Waals surface area (Å²) in [7, 11) is 0. The van der Waals surface area contributed by atoms with Crippen LogP contribution in [-0.4, -0.2) is 0 Å². The minimum Gasteiger partial charge on any atom is -0.207 e. The summed E-state index contributed by atoms with van der Waals surface area (Å²) in [5, 5.41) is 0.275. The fourth-order valence-electron chi connectivity index (χ4n) is 2.31. The molecule has 0 amide bonds. The Morgan fingerprint density at radius 1 is 1.00 bits per heavy atom. The quantitative estimate of drug-likeness (QED) is 0.621. The van der Waals surface area contributed by atoms with Crippen LogP contribution in [0.5, 0.6) is 0 Å². The first-order chi connectivity index (χ1) is 8.90. The van der Waals surface area contributed by atoms with Gasteiger partial charge in [-0.05, 0) is 66.8 Å². The van der Waals surface area contributed by atoms with Gasteiger partial charge in [-0.2, -0.15) is 0 Å². The topological polar surface area (TPSA) is 0 Å². The van der Waals surface area contributed by atoms with E-state index in [2.05, 4.69) is 0 Å². The monoisotopic (exact) mass is 296 g/mol. The summed E-state index contributed by atoms with van der Waals surface area (Å²) in [4.78, 5) is 0. The number of aryl methyl sites for hydroxylation is 3. The molecule has 0 saturated carbocycles. The van der Waals surface area contributed by atoms with Crippen LogP contribution in [0.25, 0.3) is 0 Å². The van der Waals surface area contributed by atoms with Crippen LogP contribution >= 0.6 is 23.2 Å². The molecule has 0 bridgehead atoms. The van der Waals surface area contributed by atoms with E-state index in [1.807, 2.05) is 39.0 Å². The lowest BCUT2D eigenvalue weighted by Crippen LogP contribution is -2.01. The van der Waals surface area contributed by atoms with Gasteiger partial charge < -0.3 is 0 Å². The number of rotatable bonds is 2. The maximum Gasteiger partial charge on any atom is 0.123 e. The van der Waals surface area contributed by atoms with Crippen molar-refractivity contribution >= 4 is 23.2 Å². The highest BCUT2D eigenvalue weighted by molar-refractivity contribution is 6.33. The van der Waals surface area contributed by atoms with Crippen LogP contribution < -0.4 is 0 Å². The molecule has 0 aliphatic rings. The standard InChI is InChI=1S/C16H15Cl2F/c1-9-4-5-13(14(17)6-9)16(18)15-10(2)7-12(19)8-11(15)3/h4-8,16H,1-3H3. The van der Waals surface area contributed by atoms with Crippen LogP contribution in [0, 0.1) is 26.6 Å². The molecule has 100 valence electrons. The van der Waals surface area contributed by atoms with E-state index in [0.717, 1.165) is 27.8 Å². The van der Waals surface area contributed by atoms with Crippen LogP contribution in [0.15, 0.2) is 30.3 Å². The van der Waals surface area contributed by atoms with E-state index >= 15 is 0 Å². The van der Waals surface area contributed by atoms with Crippen LogP contribution in [0.3, 0.4) is 0 Å². The lowest BCUT2D eigenvalue weighted by Gasteiger charge is -2.18.